The quantitative estimate of drug-likeness (QED) is 0.877. The number of alkyl halides is 3. The minimum absolute atomic E-state index is 0.0819. The van der Waals surface area contributed by atoms with E-state index in [9.17, 15) is 13.2 Å². The third-order valence-electron chi connectivity index (χ3n) is 3.91. The van der Waals surface area contributed by atoms with E-state index in [0.717, 1.165) is 19.0 Å². The zero-order valence-corrected chi connectivity index (χ0v) is 11.5. The maximum absolute atomic E-state index is 12.8. The van der Waals surface area contributed by atoms with Crippen LogP contribution in [0.15, 0.2) is 48.5 Å². The van der Waals surface area contributed by atoms with Gasteiger partial charge in [0.15, 0.2) is 0 Å². The summed E-state index contributed by atoms with van der Waals surface area (Å²) in [6, 6.07) is 13.8. The Hall–Kier alpha value is -1.81. The molecular formula is C17H16F3N. The number of nitrogens with one attached hydrogen (secondary N) is 1. The molecular weight excluding hydrogens is 275 g/mol. The molecule has 2 aromatic carbocycles. The average molecular weight is 291 g/mol. The number of rotatable bonds is 2. The predicted octanol–water partition coefficient (Wildman–Crippen LogP) is 4.13. The summed E-state index contributed by atoms with van der Waals surface area (Å²) in [5, 5.41) is 3.40. The maximum Gasteiger partial charge on any atom is 0.416 e. The van der Waals surface area contributed by atoms with Crippen molar-refractivity contribution in [3.8, 4) is 0 Å². The molecule has 1 unspecified atom stereocenters. The van der Waals surface area contributed by atoms with Crippen LogP contribution in [-0.4, -0.2) is 6.54 Å². The molecule has 0 saturated heterocycles. The monoisotopic (exact) mass is 291 g/mol. The second-order valence-electron chi connectivity index (χ2n) is 5.36. The molecule has 1 atom stereocenters. The lowest BCUT2D eigenvalue weighted by atomic mass is 9.90. The minimum atomic E-state index is -4.28. The Labute approximate surface area is 121 Å². The Kier molecular flexibility index (Phi) is 3.72. The van der Waals surface area contributed by atoms with E-state index in [4.69, 9.17) is 0 Å². The lowest BCUT2D eigenvalue weighted by Crippen LogP contribution is -2.31. The number of hydrogen-bond donors (Lipinski definition) is 1. The minimum Gasteiger partial charge on any atom is -0.309 e. The average Bonchev–Trinajstić information content (AvgIpc) is 2.47. The molecule has 21 heavy (non-hydrogen) atoms. The van der Waals surface area contributed by atoms with Crippen LogP contribution in [0.4, 0.5) is 13.2 Å². The Morgan fingerprint density at radius 3 is 2.67 bits per heavy atom. The van der Waals surface area contributed by atoms with Crippen molar-refractivity contribution in [3.63, 3.8) is 0 Å². The van der Waals surface area contributed by atoms with Crippen LogP contribution in [0.5, 0.6) is 0 Å². The number of hydrogen-bond acceptors (Lipinski definition) is 1. The van der Waals surface area contributed by atoms with E-state index in [1.807, 2.05) is 12.1 Å². The molecule has 0 bridgehead atoms. The van der Waals surface area contributed by atoms with Crippen molar-refractivity contribution >= 4 is 0 Å². The second kappa shape index (κ2) is 5.53. The summed E-state index contributed by atoms with van der Waals surface area (Å²) in [5.74, 6) is 0. The van der Waals surface area contributed by atoms with Crippen LogP contribution in [0.3, 0.4) is 0 Å². The summed E-state index contributed by atoms with van der Waals surface area (Å²) in [6.45, 7) is 0.862. The topological polar surface area (TPSA) is 12.0 Å². The Morgan fingerprint density at radius 1 is 1.05 bits per heavy atom. The first kappa shape index (κ1) is 14.1. The summed E-state index contributed by atoms with van der Waals surface area (Å²) >= 11 is 0. The normalized spacial score (nSPS) is 18.3. The van der Waals surface area contributed by atoms with Crippen molar-refractivity contribution in [3.05, 3.63) is 70.8 Å². The predicted molar refractivity (Wildman–Crippen MR) is 76.0 cm³/mol. The van der Waals surface area contributed by atoms with Gasteiger partial charge in [-0.15, -0.1) is 0 Å². The molecule has 0 aromatic heterocycles. The first-order valence-electron chi connectivity index (χ1n) is 7.01. The molecule has 1 aliphatic rings. The van der Waals surface area contributed by atoms with Gasteiger partial charge in [0.25, 0.3) is 0 Å². The van der Waals surface area contributed by atoms with Gasteiger partial charge >= 0.3 is 6.18 Å². The van der Waals surface area contributed by atoms with Crippen molar-refractivity contribution < 1.29 is 13.2 Å². The third-order valence-corrected chi connectivity index (χ3v) is 3.91. The van der Waals surface area contributed by atoms with Gasteiger partial charge in [0.2, 0.25) is 0 Å². The molecule has 4 heteroatoms. The summed E-state index contributed by atoms with van der Waals surface area (Å²) < 4.78 is 38.3. The molecule has 0 amide bonds. The molecule has 110 valence electrons. The third kappa shape index (κ3) is 3.10. The lowest BCUT2D eigenvalue weighted by molar-refractivity contribution is -0.137. The molecule has 0 saturated carbocycles. The largest absolute Gasteiger partial charge is 0.416 e. The van der Waals surface area contributed by atoms with Gasteiger partial charge in [0.05, 0.1) is 5.56 Å². The highest BCUT2D eigenvalue weighted by molar-refractivity contribution is 5.35. The lowest BCUT2D eigenvalue weighted by Gasteiger charge is -2.27. The Bertz CT molecular complexity index is 634. The summed E-state index contributed by atoms with van der Waals surface area (Å²) in [7, 11) is 0. The van der Waals surface area contributed by atoms with Gasteiger partial charge in [-0.05, 0) is 42.1 Å². The summed E-state index contributed by atoms with van der Waals surface area (Å²) in [4.78, 5) is 0. The Morgan fingerprint density at radius 2 is 1.86 bits per heavy atom. The molecule has 0 fully saturated rings. The van der Waals surface area contributed by atoms with E-state index in [0.29, 0.717) is 12.0 Å². The zero-order valence-electron chi connectivity index (χ0n) is 11.5. The fourth-order valence-electron chi connectivity index (χ4n) is 2.89. The van der Waals surface area contributed by atoms with Gasteiger partial charge in [0, 0.05) is 6.04 Å². The molecule has 1 N–H and O–H groups in total. The van der Waals surface area contributed by atoms with E-state index in [1.54, 1.807) is 6.07 Å². The molecule has 2 aromatic rings. The van der Waals surface area contributed by atoms with E-state index >= 15 is 0 Å². The van der Waals surface area contributed by atoms with Crippen molar-refractivity contribution in [2.75, 3.05) is 6.54 Å². The fourth-order valence-corrected chi connectivity index (χ4v) is 2.89. The van der Waals surface area contributed by atoms with Gasteiger partial charge in [-0.1, -0.05) is 42.5 Å². The van der Waals surface area contributed by atoms with Gasteiger partial charge in [-0.25, -0.2) is 0 Å². The molecule has 1 nitrogen and oxygen atoms in total. The highest BCUT2D eigenvalue weighted by Gasteiger charge is 2.30. The van der Waals surface area contributed by atoms with Crippen LogP contribution >= 0.6 is 0 Å². The van der Waals surface area contributed by atoms with E-state index in [2.05, 4.69) is 17.4 Å². The van der Waals surface area contributed by atoms with E-state index < -0.39 is 11.7 Å². The molecule has 0 aliphatic carbocycles. The number of fused-ring (bicyclic) bond motifs is 1. The van der Waals surface area contributed by atoms with E-state index in [1.165, 1.54) is 23.3 Å². The standard InChI is InChI=1S/C17H16F3N/c18-17(19,20)14-6-3-4-12(10-14)11-16-15-7-2-1-5-13(15)8-9-21-16/h1-7,10,16,21H,8-9,11H2. The van der Waals surface area contributed by atoms with Crippen LogP contribution in [0.2, 0.25) is 0 Å². The zero-order chi connectivity index (χ0) is 14.9. The van der Waals surface area contributed by atoms with Gasteiger partial charge in [0.1, 0.15) is 0 Å². The smallest absolute Gasteiger partial charge is 0.309 e. The van der Waals surface area contributed by atoms with Gasteiger partial charge < -0.3 is 5.32 Å². The molecule has 1 aliphatic heterocycles. The van der Waals surface area contributed by atoms with Crippen LogP contribution < -0.4 is 5.32 Å². The summed E-state index contributed by atoms with van der Waals surface area (Å²) in [6.07, 6.45) is -2.75. The van der Waals surface area contributed by atoms with Crippen molar-refractivity contribution in [1.29, 1.82) is 0 Å². The molecule has 0 radical (unpaired) electrons. The first-order chi connectivity index (χ1) is 10.0. The molecule has 1 heterocycles. The maximum atomic E-state index is 12.8. The summed E-state index contributed by atoms with van der Waals surface area (Å²) in [5.41, 5.74) is 2.61. The number of benzene rings is 2. The first-order valence-corrected chi connectivity index (χ1v) is 7.01. The van der Waals surface area contributed by atoms with E-state index in [-0.39, 0.29) is 6.04 Å². The molecule has 3 rings (SSSR count). The van der Waals surface area contributed by atoms with Crippen molar-refractivity contribution in [2.45, 2.75) is 25.1 Å². The highest BCUT2D eigenvalue weighted by Crippen LogP contribution is 2.31. The van der Waals surface area contributed by atoms with Gasteiger partial charge in [-0.2, -0.15) is 13.2 Å². The SMILES string of the molecule is FC(F)(F)c1cccc(CC2NCCc3ccccc32)c1. The van der Waals surface area contributed by atoms with Gasteiger partial charge in [-0.3, -0.25) is 0 Å². The van der Waals surface area contributed by atoms with Crippen LogP contribution in [-0.2, 0) is 19.0 Å². The molecule has 0 spiro atoms. The van der Waals surface area contributed by atoms with Crippen LogP contribution in [0, 0.1) is 0 Å². The fraction of sp³-hybridized carbons (Fsp3) is 0.294. The Balaban J connectivity index is 1.85. The number of halogens is 3. The second-order valence-corrected chi connectivity index (χ2v) is 5.36. The van der Waals surface area contributed by atoms with Crippen LogP contribution in [0.1, 0.15) is 28.3 Å². The van der Waals surface area contributed by atoms with Crippen molar-refractivity contribution in [1.82, 2.24) is 5.32 Å². The highest BCUT2D eigenvalue weighted by atomic mass is 19.4. The van der Waals surface area contributed by atoms with Crippen molar-refractivity contribution in [2.24, 2.45) is 0 Å². The van der Waals surface area contributed by atoms with Crippen LogP contribution in [0.25, 0.3) is 0 Å².